The number of carbonyl (C=O) groups excluding carboxylic acids is 6. The summed E-state index contributed by atoms with van der Waals surface area (Å²) in [5.74, 6) is -5.22. The van der Waals surface area contributed by atoms with Gasteiger partial charge >= 0.3 is 0 Å². The van der Waals surface area contributed by atoms with Gasteiger partial charge in [-0.05, 0) is 49.4 Å². The van der Waals surface area contributed by atoms with Crippen LogP contribution in [-0.4, -0.2) is 93.4 Å². The Hall–Kier alpha value is -4.04. The van der Waals surface area contributed by atoms with E-state index in [2.05, 4.69) is 31.2 Å². The molecule has 1 aliphatic heterocycles. The number of halogens is 2. The van der Waals surface area contributed by atoms with Crippen molar-refractivity contribution in [2.75, 3.05) is 6.54 Å². The minimum absolute atomic E-state index is 0.0460. The van der Waals surface area contributed by atoms with Gasteiger partial charge in [0.25, 0.3) is 11.8 Å². The van der Waals surface area contributed by atoms with Crippen LogP contribution in [0.2, 0.25) is 0 Å². The molecule has 1 saturated heterocycles. The Morgan fingerprint density at radius 2 is 1.63 bits per heavy atom. The zero-order valence-corrected chi connectivity index (χ0v) is 28.7. The number of amides is 5. The lowest BCUT2D eigenvalue weighted by atomic mass is 9.82. The third-order valence-corrected chi connectivity index (χ3v) is 9.67. The Labute approximate surface area is 285 Å². The van der Waals surface area contributed by atoms with Crippen LogP contribution in [0.25, 0.3) is 0 Å². The van der Waals surface area contributed by atoms with Crippen molar-refractivity contribution < 1.29 is 37.5 Å². The number of aromatic nitrogens is 2. The van der Waals surface area contributed by atoms with Crippen LogP contribution >= 0.6 is 0 Å². The Morgan fingerprint density at radius 1 is 0.939 bits per heavy atom. The maximum Gasteiger partial charge on any atom is 0.289 e. The molecule has 270 valence electrons. The maximum absolute atomic E-state index is 14.4. The second-order valence-electron chi connectivity index (χ2n) is 14.5. The third-order valence-electron chi connectivity index (χ3n) is 9.67. The monoisotopic (exact) mass is 689 g/mol. The number of hydrogen-bond donors (Lipinski definition) is 4. The lowest BCUT2D eigenvalue weighted by Crippen LogP contribution is -2.62. The number of rotatable bonds is 14. The smallest absolute Gasteiger partial charge is 0.289 e. The zero-order chi connectivity index (χ0) is 35.9. The Balaban J connectivity index is 1.55. The fourth-order valence-electron chi connectivity index (χ4n) is 6.74. The number of ketones is 1. The van der Waals surface area contributed by atoms with Gasteiger partial charge in [-0.2, -0.15) is 0 Å². The summed E-state index contributed by atoms with van der Waals surface area (Å²) in [5.41, 5.74) is -0.802. The van der Waals surface area contributed by atoms with Gasteiger partial charge in [-0.1, -0.05) is 53.4 Å². The SMILES string of the molecule is CC[C@H]1CCN(C(=O)[C@@H](NC(=O)[C@@H](NC(=O)c2cnccn2)C2CCCCC2)C(C)(C)C)[C@@H]1C(=O)NC(CC(F)F)C(=O)C(=O)NC1CC1. The summed E-state index contributed by atoms with van der Waals surface area (Å²) < 4.78 is 27.0. The van der Waals surface area contributed by atoms with E-state index in [-0.39, 0.29) is 30.1 Å². The third kappa shape index (κ3) is 10.0. The Bertz CT molecular complexity index is 1360. The molecule has 5 amide bonds. The van der Waals surface area contributed by atoms with E-state index < -0.39 is 77.7 Å². The first-order chi connectivity index (χ1) is 23.2. The van der Waals surface area contributed by atoms with Crippen LogP contribution in [-0.2, 0) is 24.0 Å². The molecule has 2 heterocycles. The zero-order valence-electron chi connectivity index (χ0n) is 28.7. The fraction of sp³-hybridized carbons (Fsp3) is 0.706. The van der Waals surface area contributed by atoms with Gasteiger partial charge in [0, 0.05) is 31.4 Å². The van der Waals surface area contributed by atoms with E-state index in [1.165, 1.54) is 23.5 Å². The molecule has 4 N–H and O–H groups in total. The van der Waals surface area contributed by atoms with Crippen molar-refractivity contribution in [2.45, 2.75) is 129 Å². The number of carbonyl (C=O) groups is 6. The Morgan fingerprint density at radius 3 is 2.20 bits per heavy atom. The number of hydrogen-bond acceptors (Lipinski definition) is 8. The van der Waals surface area contributed by atoms with Crippen LogP contribution in [0.4, 0.5) is 8.78 Å². The standard InChI is InChI=1S/C34H49F2N7O6/c1-5-19-13-16-43(26(19)31(47)40-22(17-24(35)36)27(44)32(48)39-21-11-12-21)33(49)28(34(2,3)4)42-30(46)25(20-9-7-6-8-10-20)41-29(45)23-18-37-14-15-38-23/h14-15,18-22,24-26,28H,5-13,16-17H2,1-4H3,(H,39,48)(H,40,47)(H,41,45)(H,42,46)/t19-,22?,25-,26-,28+/m0/s1. The van der Waals surface area contributed by atoms with Crippen molar-refractivity contribution in [2.24, 2.45) is 17.3 Å². The van der Waals surface area contributed by atoms with E-state index in [4.69, 9.17) is 0 Å². The van der Waals surface area contributed by atoms with Crippen LogP contribution < -0.4 is 21.3 Å². The molecule has 2 saturated carbocycles. The number of Topliss-reactive ketones (excluding diaryl/α,β-unsaturated/α-hetero) is 1. The lowest BCUT2D eigenvalue weighted by molar-refractivity contribution is -0.146. The molecule has 0 bridgehead atoms. The van der Waals surface area contributed by atoms with E-state index >= 15 is 0 Å². The molecule has 13 nitrogen and oxygen atoms in total. The van der Waals surface area contributed by atoms with Crippen molar-refractivity contribution in [3.63, 3.8) is 0 Å². The van der Waals surface area contributed by atoms with Gasteiger partial charge in [0.2, 0.25) is 29.9 Å². The summed E-state index contributed by atoms with van der Waals surface area (Å²) in [6, 6.07) is -5.17. The topological polar surface area (TPSA) is 180 Å². The molecule has 3 aliphatic rings. The summed E-state index contributed by atoms with van der Waals surface area (Å²) in [6.45, 7) is 7.29. The molecule has 1 unspecified atom stereocenters. The summed E-state index contributed by atoms with van der Waals surface area (Å²) in [5, 5.41) is 10.5. The highest BCUT2D eigenvalue weighted by molar-refractivity contribution is 6.38. The number of nitrogens with zero attached hydrogens (tertiary/aromatic N) is 3. The predicted octanol–water partition coefficient (Wildman–Crippen LogP) is 2.30. The van der Waals surface area contributed by atoms with Crippen molar-refractivity contribution in [1.29, 1.82) is 0 Å². The van der Waals surface area contributed by atoms with Gasteiger partial charge in [-0.25, -0.2) is 13.8 Å². The molecule has 0 aromatic carbocycles. The molecule has 5 atom stereocenters. The van der Waals surface area contributed by atoms with Crippen LogP contribution in [0.15, 0.2) is 18.6 Å². The van der Waals surface area contributed by atoms with E-state index in [1.807, 2.05) is 6.92 Å². The van der Waals surface area contributed by atoms with Crippen molar-refractivity contribution in [3.8, 4) is 0 Å². The van der Waals surface area contributed by atoms with Gasteiger partial charge in [-0.15, -0.1) is 0 Å². The van der Waals surface area contributed by atoms with Crippen LogP contribution in [0.1, 0.15) is 102 Å². The molecule has 4 rings (SSSR count). The van der Waals surface area contributed by atoms with Crippen molar-refractivity contribution in [3.05, 3.63) is 24.3 Å². The largest absolute Gasteiger partial charge is 0.347 e. The first-order valence-corrected chi connectivity index (χ1v) is 17.3. The molecule has 49 heavy (non-hydrogen) atoms. The number of alkyl halides is 2. The first-order valence-electron chi connectivity index (χ1n) is 17.3. The molecule has 3 fully saturated rings. The molecular formula is C34H49F2N7O6. The molecular weight excluding hydrogens is 640 g/mol. The first kappa shape index (κ1) is 37.8. The lowest BCUT2D eigenvalue weighted by Gasteiger charge is -2.38. The summed E-state index contributed by atoms with van der Waals surface area (Å²) in [7, 11) is 0. The number of nitrogens with one attached hydrogen (secondary N) is 4. The molecule has 0 spiro atoms. The van der Waals surface area contributed by atoms with E-state index in [0.29, 0.717) is 38.5 Å². The highest BCUT2D eigenvalue weighted by Gasteiger charge is 2.47. The summed E-state index contributed by atoms with van der Waals surface area (Å²) in [4.78, 5) is 89.9. The average Bonchev–Trinajstić information content (AvgIpc) is 3.78. The van der Waals surface area contributed by atoms with E-state index in [9.17, 15) is 37.5 Å². The number of likely N-dealkylation sites (tertiary alicyclic amines) is 1. The molecule has 1 aromatic rings. The van der Waals surface area contributed by atoms with Crippen molar-refractivity contribution >= 4 is 35.3 Å². The van der Waals surface area contributed by atoms with Gasteiger partial charge in [0.1, 0.15) is 29.9 Å². The van der Waals surface area contributed by atoms with Gasteiger partial charge in [0.15, 0.2) is 0 Å². The minimum Gasteiger partial charge on any atom is -0.347 e. The normalized spacial score (nSPS) is 21.7. The fourth-order valence-corrected chi connectivity index (χ4v) is 6.74. The van der Waals surface area contributed by atoms with Gasteiger partial charge in [-0.3, -0.25) is 33.8 Å². The molecule has 1 aromatic heterocycles. The summed E-state index contributed by atoms with van der Waals surface area (Å²) in [6.07, 6.45) is 6.55. The van der Waals surface area contributed by atoms with E-state index in [1.54, 1.807) is 20.8 Å². The highest BCUT2D eigenvalue weighted by Crippen LogP contribution is 2.32. The minimum atomic E-state index is -2.97. The van der Waals surface area contributed by atoms with Crippen LogP contribution in [0, 0.1) is 17.3 Å². The molecule has 15 heteroatoms. The quantitative estimate of drug-likeness (QED) is 0.215. The molecule has 2 aliphatic carbocycles. The second-order valence-corrected chi connectivity index (χ2v) is 14.5. The van der Waals surface area contributed by atoms with Crippen molar-refractivity contribution in [1.82, 2.24) is 36.1 Å². The summed E-state index contributed by atoms with van der Waals surface area (Å²) >= 11 is 0. The van der Waals surface area contributed by atoms with Gasteiger partial charge < -0.3 is 26.2 Å². The van der Waals surface area contributed by atoms with E-state index in [0.717, 1.165) is 19.3 Å². The average molecular weight is 690 g/mol. The van der Waals surface area contributed by atoms with Crippen LogP contribution in [0.3, 0.4) is 0 Å². The highest BCUT2D eigenvalue weighted by atomic mass is 19.3. The Kier molecular flexibility index (Phi) is 12.8. The predicted molar refractivity (Wildman–Crippen MR) is 174 cm³/mol. The second kappa shape index (κ2) is 16.6. The molecule has 0 radical (unpaired) electrons. The van der Waals surface area contributed by atoms with Gasteiger partial charge in [0.05, 0.1) is 6.20 Å². The maximum atomic E-state index is 14.4. The van der Waals surface area contributed by atoms with Crippen LogP contribution in [0.5, 0.6) is 0 Å².